The average molecular weight is 368 g/mol. The smallest absolute Gasteiger partial charge is 0.267 e. The molecule has 0 spiro atoms. The van der Waals surface area contributed by atoms with Crippen molar-refractivity contribution in [1.29, 1.82) is 0 Å². The molecule has 1 saturated carbocycles. The van der Waals surface area contributed by atoms with E-state index in [-0.39, 0.29) is 22.5 Å². The van der Waals surface area contributed by atoms with E-state index in [0.717, 1.165) is 25.7 Å². The van der Waals surface area contributed by atoms with Crippen LogP contribution in [0.5, 0.6) is 0 Å². The Morgan fingerprint density at radius 3 is 2.32 bits per heavy atom. The Hall–Kier alpha value is -1.83. The van der Waals surface area contributed by atoms with Gasteiger partial charge in [0.05, 0.1) is 5.92 Å². The summed E-state index contributed by atoms with van der Waals surface area (Å²) in [4.78, 5) is 26.2. The number of sulfonamides is 1. The molecular weight excluding hydrogens is 344 g/mol. The van der Waals surface area contributed by atoms with Gasteiger partial charge in [-0.1, -0.05) is 19.3 Å². The van der Waals surface area contributed by atoms with Crippen LogP contribution in [0.4, 0.5) is 0 Å². The Morgan fingerprint density at radius 1 is 1.12 bits per heavy atom. The van der Waals surface area contributed by atoms with Crippen LogP contribution >= 0.6 is 0 Å². The lowest BCUT2D eigenvalue weighted by Crippen LogP contribution is -2.57. The highest BCUT2D eigenvalue weighted by Crippen LogP contribution is 2.28. The van der Waals surface area contributed by atoms with Crippen molar-refractivity contribution >= 4 is 21.8 Å². The van der Waals surface area contributed by atoms with Gasteiger partial charge in [-0.2, -0.15) is 0 Å². The maximum atomic E-state index is 12.4. The Morgan fingerprint density at radius 2 is 1.76 bits per heavy atom. The fourth-order valence-electron chi connectivity index (χ4n) is 3.58. The SMILES string of the molecule is Cc1cc(S(=O)(=O)NC(=O)C2CN(C(=O)C3CCCCC3)C2)c(C)o1. The number of amides is 2. The first-order valence-corrected chi connectivity index (χ1v) is 10.2. The van der Waals surface area contributed by atoms with Gasteiger partial charge in [0.2, 0.25) is 11.8 Å². The lowest BCUT2D eigenvalue weighted by molar-refractivity contribution is -0.146. The van der Waals surface area contributed by atoms with E-state index in [1.165, 1.54) is 12.5 Å². The number of nitrogens with zero attached hydrogens (tertiary/aromatic N) is 1. The predicted molar refractivity (Wildman–Crippen MR) is 90.2 cm³/mol. The summed E-state index contributed by atoms with van der Waals surface area (Å²) in [5.41, 5.74) is 0. The number of furan rings is 1. The van der Waals surface area contributed by atoms with Crippen LogP contribution in [0.2, 0.25) is 0 Å². The Kier molecular flexibility index (Phi) is 4.90. The molecule has 8 heteroatoms. The van der Waals surface area contributed by atoms with E-state index in [1.807, 2.05) is 0 Å². The minimum Gasteiger partial charge on any atom is -0.465 e. The van der Waals surface area contributed by atoms with Gasteiger partial charge in [-0.15, -0.1) is 0 Å². The zero-order chi connectivity index (χ0) is 18.2. The number of hydrogen-bond donors (Lipinski definition) is 1. The van der Waals surface area contributed by atoms with Crippen LogP contribution in [0.15, 0.2) is 15.4 Å². The van der Waals surface area contributed by atoms with Gasteiger partial charge in [0.25, 0.3) is 10.0 Å². The van der Waals surface area contributed by atoms with Crippen LogP contribution < -0.4 is 4.72 Å². The highest BCUT2D eigenvalue weighted by atomic mass is 32.2. The minimum absolute atomic E-state index is 0.0205. The van der Waals surface area contributed by atoms with E-state index in [2.05, 4.69) is 4.72 Å². The Bertz CT molecular complexity index is 771. The fraction of sp³-hybridized carbons (Fsp3) is 0.647. The van der Waals surface area contributed by atoms with Crippen molar-refractivity contribution in [2.75, 3.05) is 13.1 Å². The van der Waals surface area contributed by atoms with E-state index in [0.29, 0.717) is 18.8 Å². The topological polar surface area (TPSA) is 96.7 Å². The average Bonchev–Trinajstić information content (AvgIpc) is 2.85. The monoisotopic (exact) mass is 368 g/mol. The van der Waals surface area contributed by atoms with Gasteiger partial charge < -0.3 is 9.32 Å². The van der Waals surface area contributed by atoms with E-state index in [1.54, 1.807) is 18.7 Å². The first-order valence-electron chi connectivity index (χ1n) is 8.70. The molecule has 0 unspecified atom stereocenters. The van der Waals surface area contributed by atoms with Crippen molar-refractivity contribution < 1.29 is 22.4 Å². The van der Waals surface area contributed by atoms with Gasteiger partial charge in [0.1, 0.15) is 16.4 Å². The molecule has 0 bridgehead atoms. The van der Waals surface area contributed by atoms with Crippen molar-refractivity contribution in [3.63, 3.8) is 0 Å². The number of aryl methyl sites for hydroxylation is 2. The van der Waals surface area contributed by atoms with E-state index in [4.69, 9.17) is 4.42 Å². The molecular formula is C17H24N2O5S. The highest BCUT2D eigenvalue weighted by molar-refractivity contribution is 7.90. The van der Waals surface area contributed by atoms with Crippen LogP contribution in [-0.2, 0) is 19.6 Å². The molecule has 7 nitrogen and oxygen atoms in total. The molecule has 1 saturated heterocycles. The summed E-state index contributed by atoms with van der Waals surface area (Å²) in [5.74, 6) is -0.147. The molecule has 3 rings (SSSR count). The largest absolute Gasteiger partial charge is 0.465 e. The molecule has 2 fully saturated rings. The molecule has 1 aliphatic carbocycles. The molecule has 1 aliphatic heterocycles. The van der Waals surface area contributed by atoms with Crippen molar-refractivity contribution in [2.45, 2.75) is 50.8 Å². The second-order valence-electron chi connectivity index (χ2n) is 7.02. The van der Waals surface area contributed by atoms with Gasteiger partial charge in [-0.05, 0) is 26.7 Å². The summed E-state index contributed by atoms with van der Waals surface area (Å²) in [5, 5.41) is 0. The first-order chi connectivity index (χ1) is 11.8. The summed E-state index contributed by atoms with van der Waals surface area (Å²) in [6, 6.07) is 1.39. The molecule has 1 aromatic rings. The Labute approximate surface area is 147 Å². The number of nitrogens with one attached hydrogen (secondary N) is 1. The van der Waals surface area contributed by atoms with Gasteiger partial charge in [0, 0.05) is 25.1 Å². The zero-order valence-corrected chi connectivity index (χ0v) is 15.4. The third kappa shape index (κ3) is 3.73. The molecule has 0 aromatic carbocycles. The minimum atomic E-state index is -3.95. The number of rotatable bonds is 4. The fourth-order valence-corrected chi connectivity index (χ4v) is 4.86. The zero-order valence-electron chi connectivity index (χ0n) is 14.6. The van der Waals surface area contributed by atoms with Gasteiger partial charge in [0.15, 0.2) is 0 Å². The molecule has 2 amide bonds. The number of likely N-dealkylation sites (tertiary alicyclic amines) is 1. The predicted octanol–water partition coefficient (Wildman–Crippen LogP) is 1.74. The first kappa shape index (κ1) is 18.0. The number of carbonyl (C=O) groups is 2. The lowest BCUT2D eigenvalue weighted by Gasteiger charge is -2.40. The third-order valence-electron chi connectivity index (χ3n) is 5.04. The number of hydrogen-bond acceptors (Lipinski definition) is 5. The third-order valence-corrected chi connectivity index (χ3v) is 6.49. The second-order valence-corrected chi connectivity index (χ2v) is 8.67. The number of carbonyl (C=O) groups excluding carboxylic acids is 2. The molecule has 1 N–H and O–H groups in total. The highest BCUT2D eigenvalue weighted by Gasteiger charge is 2.39. The van der Waals surface area contributed by atoms with E-state index >= 15 is 0 Å². The van der Waals surface area contributed by atoms with Crippen LogP contribution in [0.1, 0.15) is 43.6 Å². The maximum Gasteiger partial charge on any atom is 0.267 e. The van der Waals surface area contributed by atoms with Crippen molar-refractivity contribution in [3.8, 4) is 0 Å². The van der Waals surface area contributed by atoms with Crippen LogP contribution in [-0.4, -0.2) is 38.2 Å². The summed E-state index contributed by atoms with van der Waals surface area (Å²) in [7, 11) is -3.95. The van der Waals surface area contributed by atoms with Crippen molar-refractivity contribution in [1.82, 2.24) is 9.62 Å². The lowest BCUT2D eigenvalue weighted by atomic mass is 9.86. The molecule has 138 valence electrons. The van der Waals surface area contributed by atoms with E-state index in [9.17, 15) is 18.0 Å². The second kappa shape index (κ2) is 6.82. The van der Waals surface area contributed by atoms with Crippen LogP contribution in [0.3, 0.4) is 0 Å². The molecule has 1 aromatic heterocycles. The summed E-state index contributed by atoms with van der Waals surface area (Å²) in [6.07, 6.45) is 5.17. The summed E-state index contributed by atoms with van der Waals surface area (Å²) < 4.78 is 31.9. The molecule has 25 heavy (non-hydrogen) atoms. The van der Waals surface area contributed by atoms with Crippen molar-refractivity contribution in [2.24, 2.45) is 11.8 Å². The maximum absolute atomic E-state index is 12.4. The van der Waals surface area contributed by atoms with Crippen molar-refractivity contribution in [3.05, 3.63) is 17.6 Å². The molecule has 2 heterocycles. The summed E-state index contributed by atoms with van der Waals surface area (Å²) in [6.45, 7) is 3.77. The van der Waals surface area contributed by atoms with Crippen LogP contribution in [0, 0.1) is 25.7 Å². The Balaban J connectivity index is 1.55. The van der Waals surface area contributed by atoms with Gasteiger partial charge in [-0.3, -0.25) is 9.59 Å². The molecule has 2 aliphatic rings. The standard InChI is InChI=1S/C17H24N2O5S/c1-11-8-15(12(2)24-11)25(22,23)18-16(20)14-9-19(10-14)17(21)13-6-4-3-5-7-13/h8,13-14H,3-7,9-10H2,1-2H3,(H,18,20). The molecule has 0 radical (unpaired) electrons. The van der Waals surface area contributed by atoms with Crippen LogP contribution in [0.25, 0.3) is 0 Å². The van der Waals surface area contributed by atoms with Gasteiger partial charge in [-0.25, -0.2) is 13.1 Å². The quantitative estimate of drug-likeness (QED) is 0.873. The van der Waals surface area contributed by atoms with Gasteiger partial charge >= 0.3 is 0 Å². The van der Waals surface area contributed by atoms with E-state index < -0.39 is 21.8 Å². The molecule has 0 atom stereocenters. The normalized spacial score (nSPS) is 19.5. The summed E-state index contributed by atoms with van der Waals surface area (Å²) >= 11 is 0.